The van der Waals surface area contributed by atoms with Gasteiger partial charge >= 0.3 is 0 Å². The maximum absolute atomic E-state index is 5.76. The standard InChI is InChI=1S/C26H21N2O.C15H16N.Ir/c1-17(2)14-21-8-9-22-23(15-20-11-13-29-26(20)25(22)28-21)24-16-19(10-12-27-24)18-6-4-3-5-7-18;1-10-5-6-14(7-11(10)2)15-8-12(3)13(4)9-16-15;/h3-13,16-17H,14H2,1-2H3;5,7-9H,1-4H3;/q2*-1;. The molecule has 0 saturated heterocycles. The van der Waals surface area contributed by atoms with Crippen LogP contribution in [0.25, 0.3) is 55.5 Å². The molecule has 0 N–H and O–H groups in total. The Labute approximate surface area is 285 Å². The van der Waals surface area contributed by atoms with Crippen LogP contribution >= 0.6 is 0 Å². The zero-order valence-corrected chi connectivity index (χ0v) is 29.5. The van der Waals surface area contributed by atoms with E-state index in [2.05, 4.69) is 118 Å². The molecule has 7 rings (SSSR count). The summed E-state index contributed by atoms with van der Waals surface area (Å²) in [5, 5.41) is 1.94. The van der Waals surface area contributed by atoms with E-state index in [1.54, 1.807) is 6.26 Å². The second kappa shape index (κ2) is 14.3. The molecule has 0 aliphatic heterocycles. The van der Waals surface area contributed by atoms with Crippen molar-refractivity contribution in [1.82, 2.24) is 15.0 Å². The number of fused-ring (bicyclic) bond motifs is 3. The Bertz CT molecular complexity index is 2070. The SMILES string of the molecule is CC(C)Cc1ccc2c(-c3cc(-c4ccccc4)ccn3)[c-]c3ccoc3c2n1.Cc1c[c-]c(-c2cc(C)c(C)cn2)cc1C.[Ir]. The molecule has 0 bridgehead atoms. The van der Waals surface area contributed by atoms with Gasteiger partial charge in [0.1, 0.15) is 0 Å². The first-order valence-electron chi connectivity index (χ1n) is 15.4. The molecule has 0 atom stereocenters. The number of nitrogens with zero attached hydrogens (tertiary/aromatic N) is 3. The molecule has 233 valence electrons. The summed E-state index contributed by atoms with van der Waals surface area (Å²) in [6, 6.07) is 33.8. The summed E-state index contributed by atoms with van der Waals surface area (Å²) in [5.74, 6) is 0.547. The van der Waals surface area contributed by atoms with Gasteiger partial charge in [0.15, 0.2) is 0 Å². The van der Waals surface area contributed by atoms with E-state index in [-0.39, 0.29) is 20.1 Å². The molecule has 5 heteroatoms. The summed E-state index contributed by atoms with van der Waals surface area (Å²) in [5.41, 5.74) is 14.0. The fraction of sp³-hybridized carbons (Fsp3) is 0.195. The third-order valence-corrected chi connectivity index (χ3v) is 8.18. The van der Waals surface area contributed by atoms with Crippen molar-refractivity contribution in [3.05, 3.63) is 138 Å². The molecule has 4 heterocycles. The third kappa shape index (κ3) is 7.17. The Hall–Kier alpha value is -4.44. The fourth-order valence-corrected chi connectivity index (χ4v) is 5.37. The van der Waals surface area contributed by atoms with Gasteiger partial charge < -0.3 is 9.40 Å². The van der Waals surface area contributed by atoms with E-state index in [1.807, 2.05) is 36.7 Å². The van der Waals surface area contributed by atoms with Crippen LogP contribution in [0.4, 0.5) is 0 Å². The van der Waals surface area contributed by atoms with E-state index in [4.69, 9.17) is 9.40 Å². The summed E-state index contributed by atoms with van der Waals surface area (Å²) in [7, 11) is 0. The van der Waals surface area contributed by atoms with Gasteiger partial charge in [-0.1, -0.05) is 104 Å². The molecule has 0 aliphatic carbocycles. The van der Waals surface area contributed by atoms with Gasteiger partial charge in [-0.25, -0.2) is 0 Å². The van der Waals surface area contributed by atoms with Gasteiger partial charge in [-0.05, 0) is 60.7 Å². The van der Waals surface area contributed by atoms with Crippen molar-refractivity contribution in [2.24, 2.45) is 5.92 Å². The molecule has 0 spiro atoms. The van der Waals surface area contributed by atoms with Crippen LogP contribution in [0.1, 0.15) is 41.8 Å². The van der Waals surface area contributed by atoms with E-state index in [0.717, 1.165) is 62.1 Å². The first kappa shape index (κ1) is 32.9. The van der Waals surface area contributed by atoms with Crippen molar-refractivity contribution < 1.29 is 24.5 Å². The van der Waals surface area contributed by atoms with Gasteiger partial charge in [-0.2, -0.15) is 0 Å². The van der Waals surface area contributed by atoms with Crippen LogP contribution in [0.15, 0.2) is 102 Å². The van der Waals surface area contributed by atoms with Crippen LogP contribution < -0.4 is 0 Å². The molecule has 0 saturated carbocycles. The Kier molecular flexibility index (Phi) is 10.3. The third-order valence-electron chi connectivity index (χ3n) is 8.18. The normalized spacial score (nSPS) is 10.9. The predicted molar refractivity (Wildman–Crippen MR) is 185 cm³/mol. The van der Waals surface area contributed by atoms with Crippen molar-refractivity contribution in [2.75, 3.05) is 0 Å². The first-order valence-corrected chi connectivity index (χ1v) is 15.4. The summed E-state index contributed by atoms with van der Waals surface area (Å²) in [4.78, 5) is 14.0. The molecule has 4 aromatic heterocycles. The molecule has 4 nitrogen and oxygen atoms in total. The van der Waals surface area contributed by atoms with Crippen molar-refractivity contribution >= 4 is 21.9 Å². The number of pyridine rings is 3. The van der Waals surface area contributed by atoms with Crippen LogP contribution in [0.5, 0.6) is 0 Å². The Balaban J connectivity index is 0.000000209. The van der Waals surface area contributed by atoms with Crippen LogP contribution in [-0.4, -0.2) is 15.0 Å². The summed E-state index contributed by atoms with van der Waals surface area (Å²) in [6.07, 6.45) is 6.42. The predicted octanol–water partition coefficient (Wildman–Crippen LogP) is 10.5. The first-order chi connectivity index (χ1) is 21.8. The number of hydrogen-bond donors (Lipinski definition) is 0. The zero-order chi connectivity index (χ0) is 31.5. The average Bonchev–Trinajstić information content (AvgIpc) is 3.53. The number of furan rings is 1. The molecule has 46 heavy (non-hydrogen) atoms. The van der Waals surface area contributed by atoms with Crippen molar-refractivity contribution in [3.63, 3.8) is 0 Å². The number of aryl methyl sites for hydroxylation is 4. The van der Waals surface area contributed by atoms with E-state index in [1.165, 1.54) is 27.8 Å². The van der Waals surface area contributed by atoms with Gasteiger partial charge in [0, 0.05) is 55.7 Å². The summed E-state index contributed by atoms with van der Waals surface area (Å²) >= 11 is 0. The number of hydrogen-bond acceptors (Lipinski definition) is 4. The van der Waals surface area contributed by atoms with E-state index < -0.39 is 0 Å². The monoisotopic (exact) mass is 780 g/mol. The minimum Gasteiger partial charge on any atom is -0.506 e. The molecule has 0 aliphatic rings. The number of rotatable bonds is 5. The molecule has 3 aromatic carbocycles. The minimum atomic E-state index is 0. The molecular formula is C41H37IrN3O-2. The second-order valence-electron chi connectivity index (χ2n) is 12.1. The van der Waals surface area contributed by atoms with Gasteiger partial charge in [-0.15, -0.1) is 41.0 Å². The van der Waals surface area contributed by atoms with Crippen LogP contribution in [0.3, 0.4) is 0 Å². The van der Waals surface area contributed by atoms with Gasteiger partial charge in [-0.3, -0.25) is 9.97 Å². The molecule has 0 amide bonds. The smallest absolute Gasteiger partial charge is 0.0847 e. The maximum Gasteiger partial charge on any atom is 0.0847 e. The van der Waals surface area contributed by atoms with Gasteiger partial charge in [0.05, 0.1) is 5.58 Å². The molecule has 0 fully saturated rings. The van der Waals surface area contributed by atoms with E-state index >= 15 is 0 Å². The maximum atomic E-state index is 5.76. The minimum absolute atomic E-state index is 0. The molecular weight excluding hydrogens is 743 g/mol. The summed E-state index contributed by atoms with van der Waals surface area (Å²) < 4.78 is 5.76. The van der Waals surface area contributed by atoms with E-state index in [0.29, 0.717) is 5.92 Å². The number of aromatic nitrogens is 3. The zero-order valence-electron chi connectivity index (χ0n) is 27.1. The fourth-order valence-electron chi connectivity index (χ4n) is 5.37. The van der Waals surface area contributed by atoms with Crippen molar-refractivity contribution in [3.8, 4) is 33.6 Å². The Morgan fingerprint density at radius 2 is 1.54 bits per heavy atom. The van der Waals surface area contributed by atoms with Crippen LogP contribution in [0.2, 0.25) is 0 Å². The van der Waals surface area contributed by atoms with Crippen molar-refractivity contribution in [2.45, 2.75) is 48.0 Å². The topological polar surface area (TPSA) is 51.8 Å². The van der Waals surface area contributed by atoms with Crippen LogP contribution in [-0.2, 0) is 26.5 Å². The quantitative estimate of drug-likeness (QED) is 0.163. The second-order valence-corrected chi connectivity index (χ2v) is 12.1. The Morgan fingerprint density at radius 1 is 0.761 bits per heavy atom. The molecule has 0 unspecified atom stereocenters. The molecule has 7 aromatic rings. The molecule has 1 radical (unpaired) electrons. The van der Waals surface area contributed by atoms with Gasteiger partial charge in [0.25, 0.3) is 0 Å². The average molecular weight is 780 g/mol. The van der Waals surface area contributed by atoms with Gasteiger partial charge in [0.2, 0.25) is 0 Å². The summed E-state index contributed by atoms with van der Waals surface area (Å²) in [6.45, 7) is 12.8. The van der Waals surface area contributed by atoms with E-state index in [9.17, 15) is 0 Å². The number of benzene rings is 3. The van der Waals surface area contributed by atoms with Crippen LogP contribution in [0, 0.1) is 45.7 Å². The largest absolute Gasteiger partial charge is 0.506 e. The van der Waals surface area contributed by atoms with Crippen molar-refractivity contribution in [1.29, 1.82) is 0 Å². The Morgan fingerprint density at radius 3 is 2.28 bits per heavy atom.